The van der Waals surface area contributed by atoms with Crippen molar-refractivity contribution in [3.63, 3.8) is 0 Å². The number of rotatable bonds is 5. The Hall–Kier alpha value is -2.26. The third kappa shape index (κ3) is 4.35. The predicted molar refractivity (Wildman–Crippen MR) is 113 cm³/mol. The number of piperazine rings is 1. The van der Waals surface area contributed by atoms with Gasteiger partial charge in [0.05, 0.1) is 22.0 Å². The number of carbonyl (C=O) groups excluding carboxylic acids is 3. The first kappa shape index (κ1) is 20.0. The van der Waals surface area contributed by atoms with E-state index in [0.717, 1.165) is 42.0 Å². The zero-order valence-electron chi connectivity index (χ0n) is 16.0. The van der Waals surface area contributed by atoms with Gasteiger partial charge in [0.15, 0.2) is 0 Å². The number of imide groups is 1. The van der Waals surface area contributed by atoms with Crippen LogP contribution in [0, 0.1) is 0 Å². The van der Waals surface area contributed by atoms with Gasteiger partial charge in [0.1, 0.15) is 0 Å². The molecule has 29 heavy (non-hydrogen) atoms. The summed E-state index contributed by atoms with van der Waals surface area (Å²) in [5.74, 6) is -0.789. The van der Waals surface area contributed by atoms with Gasteiger partial charge in [-0.3, -0.25) is 29.1 Å². The second kappa shape index (κ2) is 8.23. The lowest BCUT2D eigenvalue weighted by atomic mass is 10.1. The van der Waals surface area contributed by atoms with E-state index in [0.29, 0.717) is 23.4 Å². The van der Waals surface area contributed by atoms with Crippen LogP contribution < -0.4 is 5.32 Å². The molecule has 152 valence electrons. The Morgan fingerprint density at radius 1 is 1.03 bits per heavy atom. The van der Waals surface area contributed by atoms with Gasteiger partial charge in [0, 0.05) is 50.3 Å². The van der Waals surface area contributed by atoms with E-state index in [-0.39, 0.29) is 17.7 Å². The summed E-state index contributed by atoms with van der Waals surface area (Å²) in [6.45, 7) is 4.59. The summed E-state index contributed by atoms with van der Waals surface area (Å²) in [5, 5.41) is 2.83. The fraction of sp³-hybridized carbons (Fsp3) is 0.350. The number of carbonyl (C=O) groups is 3. The maximum atomic E-state index is 12.4. The number of halogens is 1. The molecular formula is C20H21ClN4O3S. The summed E-state index contributed by atoms with van der Waals surface area (Å²) in [6.07, 6.45) is 0. The van der Waals surface area contributed by atoms with Gasteiger partial charge in [0.25, 0.3) is 11.8 Å². The van der Waals surface area contributed by atoms with Crippen LogP contribution in [-0.2, 0) is 11.3 Å². The maximum absolute atomic E-state index is 12.4. The van der Waals surface area contributed by atoms with Crippen molar-refractivity contribution in [3.8, 4) is 0 Å². The lowest BCUT2D eigenvalue weighted by Crippen LogP contribution is -2.48. The Labute approximate surface area is 177 Å². The van der Waals surface area contributed by atoms with Crippen LogP contribution in [-0.4, -0.2) is 72.2 Å². The number of nitrogens with zero attached hydrogens (tertiary/aromatic N) is 3. The van der Waals surface area contributed by atoms with Gasteiger partial charge in [-0.1, -0.05) is 11.6 Å². The van der Waals surface area contributed by atoms with Gasteiger partial charge in [-0.25, -0.2) is 0 Å². The van der Waals surface area contributed by atoms with Crippen LogP contribution in [0.25, 0.3) is 0 Å². The quantitative estimate of drug-likeness (QED) is 0.734. The monoisotopic (exact) mass is 432 g/mol. The van der Waals surface area contributed by atoms with E-state index >= 15 is 0 Å². The number of thiophene rings is 1. The SMILES string of the molecule is CN1C(=O)c2ccc(NC(=O)CN3CCN(Cc4ccc(Cl)s4)CC3)cc2C1=O. The topological polar surface area (TPSA) is 73.0 Å². The molecular weight excluding hydrogens is 412 g/mol. The molecule has 1 fully saturated rings. The highest BCUT2D eigenvalue weighted by atomic mass is 35.5. The Morgan fingerprint density at radius 3 is 2.41 bits per heavy atom. The zero-order chi connectivity index (χ0) is 20.5. The average Bonchev–Trinajstić information content (AvgIpc) is 3.20. The van der Waals surface area contributed by atoms with Crippen LogP contribution in [0.3, 0.4) is 0 Å². The highest BCUT2D eigenvalue weighted by Gasteiger charge is 2.32. The number of fused-ring (bicyclic) bond motifs is 1. The molecule has 2 aromatic rings. The van der Waals surface area contributed by atoms with E-state index in [4.69, 9.17) is 11.6 Å². The van der Waals surface area contributed by atoms with Crippen molar-refractivity contribution in [1.82, 2.24) is 14.7 Å². The van der Waals surface area contributed by atoms with Crippen LogP contribution in [0.15, 0.2) is 30.3 Å². The minimum atomic E-state index is -0.343. The summed E-state index contributed by atoms with van der Waals surface area (Å²) in [7, 11) is 1.45. The summed E-state index contributed by atoms with van der Waals surface area (Å²) >= 11 is 7.59. The molecule has 3 heterocycles. The molecule has 0 atom stereocenters. The largest absolute Gasteiger partial charge is 0.325 e. The van der Waals surface area contributed by atoms with E-state index in [1.165, 1.54) is 11.9 Å². The molecule has 7 nitrogen and oxygen atoms in total. The zero-order valence-corrected chi connectivity index (χ0v) is 17.6. The van der Waals surface area contributed by atoms with E-state index in [9.17, 15) is 14.4 Å². The molecule has 2 aliphatic rings. The molecule has 0 bridgehead atoms. The first-order chi connectivity index (χ1) is 13.9. The number of hydrogen-bond acceptors (Lipinski definition) is 6. The highest BCUT2D eigenvalue weighted by molar-refractivity contribution is 7.16. The summed E-state index contributed by atoms with van der Waals surface area (Å²) in [4.78, 5) is 43.3. The van der Waals surface area contributed by atoms with Crippen molar-refractivity contribution in [2.75, 3.05) is 45.1 Å². The fourth-order valence-corrected chi connectivity index (χ4v) is 4.74. The van der Waals surface area contributed by atoms with E-state index in [1.807, 2.05) is 6.07 Å². The predicted octanol–water partition coefficient (Wildman–Crippen LogP) is 2.38. The first-order valence-electron chi connectivity index (χ1n) is 9.36. The van der Waals surface area contributed by atoms with Gasteiger partial charge in [-0.05, 0) is 30.3 Å². The number of anilines is 1. The normalized spacial score (nSPS) is 17.7. The van der Waals surface area contributed by atoms with Crippen LogP contribution >= 0.6 is 22.9 Å². The van der Waals surface area contributed by atoms with Crippen molar-refractivity contribution < 1.29 is 14.4 Å². The molecule has 0 unspecified atom stereocenters. The Morgan fingerprint density at radius 2 is 1.72 bits per heavy atom. The molecule has 4 rings (SSSR count). The van der Waals surface area contributed by atoms with Crippen molar-refractivity contribution in [3.05, 3.63) is 50.7 Å². The van der Waals surface area contributed by atoms with E-state index < -0.39 is 0 Å². The minimum Gasteiger partial charge on any atom is -0.325 e. The van der Waals surface area contributed by atoms with Gasteiger partial charge < -0.3 is 5.32 Å². The average molecular weight is 433 g/mol. The van der Waals surface area contributed by atoms with E-state index in [2.05, 4.69) is 21.2 Å². The minimum absolute atomic E-state index is 0.131. The molecule has 1 aromatic heterocycles. The molecule has 0 radical (unpaired) electrons. The van der Waals surface area contributed by atoms with Crippen molar-refractivity contribution in [2.45, 2.75) is 6.54 Å². The van der Waals surface area contributed by atoms with Crippen LogP contribution in [0.4, 0.5) is 5.69 Å². The van der Waals surface area contributed by atoms with Crippen LogP contribution in [0.1, 0.15) is 25.6 Å². The summed E-state index contributed by atoms with van der Waals surface area (Å²) < 4.78 is 0.805. The lowest BCUT2D eigenvalue weighted by molar-refractivity contribution is -0.117. The molecule has 1 aromatic carbocycles. The lowest BCUT2D eigenvalue weighted by Gasteiger charge is -2.34. The first-order valence-corrected chi connectivity index (χ1v) is 10.6. The molecule has 1 saturated heterocycles. The number of amides is 3. The highest BCUT2D eigenvalue weighted by Crippen LogP contribution is 2.25. The molecule has 2 aliphatic heterocycles. The maximum Gasteiger partial charge on any atom is 0.261 e. The van der Waals surface area contributed by atoms with Crippen molar-refractivity contribution in [2.24, 2.45) is 0 Å². The van der Waals surface area contributed by atoms with Crippen molar-refractivity contribution in [1.29, 1.82) is 0 Å². The molecule has 0 spiro atoms. The number of nitrogens with one attached hydrogen (secondary N) is 1. The van der Waals surface area contributed by atoms with Crippen LogP contribution in [0.5, 0.6) is 0 Å². The van der Waals surface area contributed by atoms with Crippen LogP contribution in [0.2, 0.25) is 4.34 Å². The second-order valence-corrected chi connectivity index (χ2v) is 9.04. The van der Waals surface area contributed by atoms with Gasteiger partial charge in [-0.15, -0.1) is 11.3 Å². The summed E-state index contributed by atoms with van der Waals surface area (Å²) in [5.41, 5.74) is 1.23. The second-order valence-electron chi connectivity index (χ2n) is 7.24. The third-order valence-electron chi connectivity index (χ3n) is 5.21. The molecule has 1 N–H and O–H groups in total. The Balaban J connectivity index is 1.28. The van der Waals surface area contributed by atoms with Crippen molar-refractivity contribution >= 4 is 46.3 Å². The van der Waals surface area contributed by atoms with E-state index in [1.54, 1.807) is 29.5 Å². The standard InChI is InChI=1S/C20H21ClN4O3S/c1-23-19(27)15-4-2-13(10-16(15)20(23)28)22-18(26)12-25-8-6-24(7-9-25)11-14-3-5-17(21)29-14/h2-5,10H,6-9,11-12H2,1H3,(H,22,26). The number of hydrogen-bond donors (Lipinski definition) is 1. The number of benzene rings is 1. The molecule has 3 amide bonds. The molecule has 0 saturated carbocycles. The molecule has 0 aliphatic carbocycles. The Kier molecular flexibility index (Phi) is 5.69. The Bertz CT molecular complexity index is 968. The smallest absolute Gasteiger partial charge is 0.261 e. The van der Waals surface area contributed by atoms with Gasteiger partial charge in [-0.2, -0.15) is 0 Å². The van der Waals surface area contributed by atoms with Gasteiger partial charge >= 0.3 is 0 Å². The fourth-order valence-electron chi connectivity index (χ4n) is 3.61. The van der Waals surface area contributed by atoms with Gasteiger partial charge in [0.2, 0.25) is 5.91 Å². The molecule has 9 heteroatoms. The summed E-state index contributed by atoms with van der Waals surface area (Å²) in [6, 6.07) is 8.79. The third-order valence-corrected chi connectivity index (χ3v) is 6.43.